The monoisotopic (exact) mass is 369 g/mol. The van der Waals surface area contributed by atoms with Crippen LogP contribution in [0.15, 0.2) is 30.5 Å². The fourth-order valence-corrected chi connectivity index (χ4v) is 3.97. The highest BCUT2D eigenvalue weighted by Gasteiger charge is 2.28. The smallest absolute Gasteiger partial charge is 0.337 e. The largest absolute Gasteiger partial charge is 0.478 e. The third-order valence-corrected chi connectivity index (χ3v) is 5.34. The van der Waals surface area contributed by atoms with Crippen LogP contribution in [0.5, 0.6) is 0 Å². The van der Waals surface area contributed by atoms with Gasteiger partial charge in [-0.05, 0) is 44.0 Å². The first-order valence-corrected chi connectivity index (χ1v) is 9.27. The van der Waals surface area contributed by atoms with Crippen molar-refractivity contribution in [2.45, 2.75) is 33.2 Å². The predicted molar refractivity (Wildman–Crippen MR) is 105 cm³/mol. The molecular weight excluding hydrogens is 342 g/mol. The topological polar surface area (TPSA) is 65.8 Å². The van der Waals surface area contributed by atoms with Crippen LogP contribution < -0.4 is 4.90 Å². The van der Waals surface area contributed by atoms with Crippen molar-refractivity contribution in [3.63, 3.8) is 0 Å². The minimum Gasteiger partial charge on any atom is -0.478 e. The Labute approximate surface area is 160 Å². The zero-order valence-corrected chi connectivity index (χ0v) is 16.4. The number of hydrogen-bond donors (Lipinski definition) is 1. The lowest BCUT2D eigenvalue weighted by Crippen LogP contribution is -2.54. The average molecular weight is 369 g/mol. The Morgan fingerprint density at radius 2 is 1.96 bits per heavy atom. The number of nitrogens with zero attached hydrogens (tertiary/aromatic N) is 3. The molecule has 1 atom stereocenters. The van der Waals surface area contributed by atoms with E-state index in [1.165, 1.54) is 11.3 Å². The maximum absolute atomic E-state index is 12.8. The molecule has 1 aromatic carbocycles. The van der Waals surface area contributed by atoms with E-state index in [1.54, 1.807) is 24.7 Å². The van der Waals surface area contributed by atoms with Crippen LogP contribution in [0.1, 0.15) is 34.1 Å². The van der Waals surface area contributed by atoms with Crippen molar-refractivity contribution in [1.29, 1.82) is 0 Å². The van der Waals surface area contributed by atoms with Gasteiger partial charge in [0.2, 0.25) is 5.91 Å². The summed E-state index contributed by atoms with van der Waals surface area (Å²) in [5.74, 6) is -0.997. The van der Waals surface area contributed by atoms with Crippen molar-refractivity contribution in [2.75, 3.05) is 24.5 Å². The quantitative estimate of drug-likeness (QED) is 0.900. The first-order valence-electron chi connectivity index (χ1n) is 9.27. The fraction of sp³-hybridized carbons (Fsp3) is 0.429. The zero-order chi connectivity index (χ0) is 19.7. The summed E-state index contributed by atoms with van der Waals surface area (Å²) in [4.78, 5) is 28.6. The number of aryl methyl sites for hydroxylation is 3. The second kappa shape index (κ2) is 7.47. The Kier molecular flexibility index (Phi) is 5.26. The number of aromatic nitrogens is 1. The van der Waals surface area contributed by atoms with Crippen molar-refractivity contribution >= 4 is 17.6 Å². The maximum atomic E-state index is 12.8. The molecule has 1 fully saturated rings. The molecule has 144 valence electrons. The summed E-state index contributed by atoms with van der Waals surface area (Å²) in [5, 5.41) is 9.46. The van der Waals surface area contributed by atoms with Crippen molar-refractivity contribution in [2.24, 2.45) is 7.05 Å². The van der Waals surface area contributed by atoms with Gasteiger partial charge in [-0.15, -0.1) is 0 Å². The van der Waals surface area contributed by atoms with Crippen LogP contribution in [0.2, 0.25) is 0 Å². The first kappa shape index (κ1) is 19.0. The van der Waals surface area contributed by atoms with Crippen molar-refractivity contribution in [3.8, 4) is 0 Å². The maximum Gasteiger partial charge on any atom is 0.337 e. The van der Waals surface area contributed by atoms with E-state index in [0.717, 1.165) is 6.54 Å². The molecule has 1 N–H and O–H groups in total. The van der Waals surface area contributed by atoms with Crippen LogP contribution >= 0.6 is 0 Å². The molecule has 6 nitrogen and oxygen atoms in total. The molecule has 0 aliphatic carbocycles. The third-order valence-electron chi connectivity index (χ3n) is 5.34. The number of anilines is 1. The van der Waals surface area contributed by atoms with Gasteiger partial charge in [-0.2, -0.15) is 0 Å². The SMILES string of the molecule is Cc1cccc(N2CCN(C(=O)Cc3c(C(=O)O)c(C)cn3C)C[C@@H]2C)c1. The Morgan fingerprint density at radius 3 is 2.59 bits per heavy atom. The molecule has 1 amide bonds. The van der Waals surface area contributed by atoms with E-state index in [0.29, 0.717) is 24.3 Å². The van der Waals surface area contributed by atoms with Gasteiger partial charge in [0, 0.05) is 50.3 Å². The highest BCUT2D eigenvalue weighted by Crippen LogP contribution is 2.23. The molecule has 0 bridgehead atoms. The fourth-order valence-electron chi connectivity index (χ4n) is 3.97. The third kappa shape index (κ3) is 3.84. The molecule has 2 heterocycles. The number of hydrogen-bond acceptors (Lipinski definition) is 3. The molecule has 0 radical (unpaired) electrons. The van der Waals surface area contributed by atoms with Gasteiger partial charge in [-0.1, -0.05) is 12.1 Å². The molecule has 1 saturated heterocycles. The van der Waals surface area contributed by atoms with E-state index < -0.39 is 5.97 Å². The Morgan fingerprint density at radius 1 is 1.22 bits per heavy atom. The van der Waals surface area contributed by atoms with Crippen LogP contribution in [0.25, 0.3) is 0 Å². The van der Waals surface area contributed by atoms with Gasteiger partial charge >= 0.3 is 5.97 Å². The lowest BCUT2D eigenvalue weighted by molar-refractivity contribution is -0.131. The van der Waals surface area contributed by atoms with Gasteiger partial charge in [0.15, 0.2) is 0 Å². The van der Waals surface area contributed by atoms with Crippen molar-refractivity contribution < 1.29 is 14.7 Å². The average Bonchev–Trinajstić information content (AvgIpc) is 2.88. The van der Waals surface area contributed by atoms with Crippen LogP contribution in [-0.4, -0.2) is 52.1 Å². The lowest BCUT2D eigenvalue weighted by Gasteiger charge is -2.41. The van der Waals surface area contributed by atoms with Gasteiger partial charge < -0.3 is 19.5 Å². The van der Waals surface area contributed by atoms with E-state index in [9.17, 15) is 14.7 Å². The number of carbonyl (C=O) groups is 2. The molecule has 0 saturated carbocycles. The Balaban J connectivity index is 1.71. The molecule has 6 heteroatoms. The normalized spacial score (nSPS) is 17.3. The molecule has 27 heavy (non-hydrogen) atoms. The number of carbonyl (C=O) groups excluding carboxylic acids is 1. The molecule has 2 aromatic rings. The van der Waals surface area contributed by atoms with Crippen molar-refractivity contribution in [1.82, 2.24) is 9.47 Å². The first-order chi connectivity index (χ1) is 12.8. The molecule has 0 spiro atoms. The molecule has 3 rings (SSSR count). The van der Waals surface area contributed by atoms with Gasteiger partial charge in [0.05, 0.1) is 12.0 Å². The van der Waals surface area contributed by atoms with Gasteiger partial charge in [-0.3, -0.25) is 4.79 Å². The van der Waals surface area contributed by atoms with E-state index in [2.05, 4.69) is 43.0 Å². The molecular formula is C21H27N3O3. The van der Waals surface area contributed by atoms with Gasteiger partial charge in [0.25, 0.3) is 0 Å². The molecule has 1 aliphatic rings. The lowest BCUT2D eigenvalue weighted by atomic mass is 10.1. The Bertz CT molecular complexity index is 872. The number of amides is 1. The second-order valence-corrected chi connectivity index (χ2v) is 7.45. The zero-order valence-electron chi connectivity index (χ0n) is 16.4. The summed E-state index contributed by atoms with van der Waals surface area (Å²) >= 11 is 0. The highest BCUT2D eigenvalue weighted by atomic mass is 16.4. The predicted octanol–water partition coefficient (Wildman–Crippen LogP) is 2.62. The summed E-state index contributed by atoms with van der Waals surface area (Å²) in [6, 6.07) is 8.61. The van der Waals surface area contributed by atoms with Crippen LogP contribution in [0, 0.1) is 13.8 Å². The molecule has 1 aromatic heterocycles. The van der Waals surface area contributed by atoms with E-state index in [1.807, 2.05) is 4.90 Å². The van der Waals surface area contributed by atoms with Crippen molar-refractivity contribution in [3.05, 3.63) is 52.8 Å². The number of rotatable bonds is 4. The summed E-state index contributed by atoms with van der Waals surface area (Å²) in [5.41, 5.74) is 3.90. The van der Waals surface area contributed by atoms with Crippen LogP contribution in [0.3, 0.4) is 0 Å². The summed E-state index contributed by atoms with van der Waals surface area (Å²) < 4.78 is 1.75. The number of carboxylic acid groups (broad SMARTS) is 1. The van der Waals surface area contributed by atoms with Crippen LogP contribution in [0.4, 0.5) is 5.69 Å². The number of aromatic carboxylic acids is 1. The van der Waals surface area contributed by atoms with Gasteiger partial charge in [0.1, 0.15) is 0 Å². The standard InChI is InChI=1S/C21H27N3O3/c1-14-6-5-7-17(10-14)24-9-8-23(13-16(24)3)19(25)11-18-20(21(26)27)15(2)12-22(18)4/h5-7,10,12,16H,8-9,11,13H2,1-4H3,(H,26,27)/t16-/m0/s1. The number of piperazine rings is 1. The number of carboxylic acids is 1. The summed E-state index contributed by atoms with van der Waals surface area (Å²) in [7, 11) is 1.79. The van der Waals surface area contributed by atoms with E-state index in [-0.39, 0.29) is 23.9 Å². The van der Waals surface area contributed by atoms with E-state index in [4.69, 9.17) is 0 Å². The number of benzene rings is 1. The van der Waals surface area contributed by atoms with Gasteiger partial charge in [-0.25, -0.2) is 4.79 Å². The van der Waals surface area contributed by atoms with Crippen LogP contribution in [-0.2, 0) is 18.3 Å². The minimum absolute atomic E-state index is 0.0190. The highest BCUT2D eigenvalue weighted by molar-refractivity contribution is 5.93. The minimum atomic E-state index is -0.978. The molecule has 0 unspecified atom stereocenters. The molecule has 1 aliphatic heterocycles. The summed E-state index contributed by atoms with van der Waals surface area (Å²) in [6.45, 7) is 8.02. The summed E-state index contributed by atoms with van der Waals surface area (Å²) in [6.07, 6.45) is 1.88. The van der Waals surface area contributed by atoms with E-state index >= 15 is 0 Å². The second-order valence-electron chi connectivity index (χ2n) is 7.45. The Hall–Kier alpha value is -2.76.